The van der Waals surface area contributed by atoms with Crippen molar-refractivity contribution in [3.05, 3.63) is 42.5 Å². The molecule has 0 aliphatic carbocycles. The highest BCUT2D eigenvalue weighted by Crippen LogP contribution is 2.15. The number of hydrogen-bond donors (Lipinski definition) is 1. The van der Waals surface area contributed by atoms with Gasteiger partial charge in [-0.25, -0.2) is 0 Å². The van der Waals surface area contributed by atoms with E-state index in [2.05, 4.69) is 11.3 Å². The topological polar surface area (TPSA) is 32.7 Å². The third-order valence-corrected chi connectivity index (χ3v) is 2.36. The Morgan fingerprint density at radius 3 is 2.50 bits per heavy atom. The fourth-order valence-corrected chi connectivity index (χ4v) is 1.59. The van der Waals surface area contributed by atoms with Crippen molar-refractivity contribution in [3.63, 3.8) is 0 Å². The van der Waals surface area contributed by atoms with Crippen LogP contribution in [0.25, 0.3) is 0 Å². The molecule has 1 rings (SSSR count). The first kappa shape index (κ1) is 14.6. The van der Waals surface area contributed by atoms with E-state index in [0.717, 1.165) is 5.56 Å². The maximum absolute atomic E-state index is 12.0. The van der Waals surface area contributed by atoms with Gasteiger partial charge in [0.15, 0.2) is 0 Å². The molecule has 18 heavy (non-hydrogen) atoms. The number of ether oxygens (including phenoxy) is 1. The summed E-state index contributed by atoms with van der Waals surface area (Å²) in [5.41, 5.74) is 0.965. The molecule has 0 unspecified atom stereocenters. The minimum Gasteiger partial charge on any atom is -0.435 e. The van der Waals surface area contributed by atoms with Gasteiger partial charge in [0, 0.05) is 19.6 Å². The van der Waals surface area contributed by atoms with Crippen molar-refractivity contribution >= 4 is 0 Å². The van der Waals surface area contributed by atoms with Gasteiger partial charge in [0.1, 0.15) is 5.75 Å². The molecule has 3 nitrogen and oxygen atoms in total. The SMILES string of the molecule is C=CCN(CCO)Cc1ccc(OC(F)F)cc1. The largest absolute Gasteiger partial charge is 0.435 e. The second-order valence-corrected chi connectivity index (χ2v) is 3.77. The van der Waals surface area contributed by atoms with Crippen molar-refractivity contribution < 1.29 is 18.6 Å². The van der Waals surface area contributed by atoms with Gasteiger partial charge in [-0.15, -0.1) is 6.58 Å². The number of halogens is 2. The van der Waals surface area contributed by atoms with Gasteiger partial charge in [-0.3, -0.25) is 4.90 Å². The first-order chi connectivity index (χ1) is 8.65. The molecule has 0 aliphatic heterocycles. The molecule has 0 saturated carbocycles. The van der Waals surface area contributed by atoms with Crippen LogP contribution in [0.15, 0.2) is 36.9 Å². The van der Waals surface area contributed by atoms with Crippen LogP contribution in [0.3, 0.4) is 0 Å². The number of benzene rings is 1. The third kappa shape index (κ3) is 5.25. The van der Waals surface area contributed by atoms with E-state index in [1.165, 1.54) is 12.1 Å². The van der Waals surface area contributed by atoms with E-state index in [9.17, 15) is 8.78 Å². The highest BCUT2D eigenvalue weighted by atomic mass is 19.3. The van der Waals surface area contributed by atoms with Crippen LogP contribution in [-0.2, 0) is 6.54 Å². The predicted molar refractivity (Wildman–Crippen MR) is 65.6 cm³/mol. The Labute approximate surface area is 105 Å². The second-order valence-electron chi connectivity index (χ2n) is 3.77. The monoisotopic (exact) mass is 257 g/mol. The van der Waals surface area contributed by atoms with Crippen LogP contribution in [0.5, 0.6) is 5.75 Å². The Morgan fingerprint density at radius 2 is 2.00 bits per heavy atom. The maximum atomic E-state index is 12.0. The maximum Gasteiger partial charge on any atom is 0.387 e. The minimum atomic E-state index is -2.80. The molecule has 1 aromatic rings. The first-order valence-corrected chi connectivity index (χ1v) is 5.63. The molecule has 5 heteroatoms. The number of nitrogens with zero attached hydrogens (tertiary/aromatic N) is 1. The molecule has 0 saturated heterocycles. The molecule has 0 aliphatic rings. The molecular formula is C13H17F2NO2. The molecule has 0 fully saturated rings. The Bertz CT molecular complexity index is 355. The molecular weight excluding hydrogens is 240 g/mol. The summed E-state index contributed by atoms with van der Waals surface area (Å²) in [5, 5.41) is 8.91. The van der Waals surface area contributed by atoms with E-state index < -0.39 is 6.61 Å². The van der Waals surface area contributed by atoms with E-state index >= 15 is 0 Å². The smallest absolute Gasteiger partial charge is 0.387 e. The summed E-state index contributed by atoms with van der Waals surface area (Å²) in [6.07, 6.45) is 1.75. The molecule has 0 aromatic heterocycles. The van der Waals surface area contributed by atoms with E-state index in [-0.39, 0.29) is 12.4 Å². The lowest BCUT2D eigenvalue weighted by Gasteiger charge is -2.19. The molecule has 0 amide bonds. The summed E-state index contributed by atoms with van der Waals surface area (Å²) < 4.78 is 28.2. The van der Waals surface area contributed by atoms with Crippen molar-refractivity contribution in [2.75, 3.05) is 19.7 Å². The van der Waals surface area contributed by atoms with Crippen molar-refractivity contribution in [2.24, 2.45) is 0 Å². The lowest BCUT2D eigenvalue weighted by atomic mass is 10.2. The third-order valence-electron chi connectivity index (χ3n) is 2.36. The lowest BCUT2D eigenvalue weighted by Crippen LogP contribution is -2.26. The summed E-state index contributed by atoms with van der Waals surface area (Å²) in [5.74, 6) is 0.145. The van der Waals surface area contributed by atoms with Crippen LogP contribution in [0.4, 0.5) is 8.78 Å². The molecule has 100 valence electrons. The molecule has 0 atom stereocenters. The second kappa shape index (κ2) is 7.79. The summed E-state index contributed by atoms with van der Waals surface area (Å²) in [7, 11) is 0. The van der Waals surface area contributed by atoms with Gasteiger partial charge in [-0.1, -0.05) is 18.2 Å². The van der Waals surface area contributed by atoms with E-state index in [4.69, 9.17) is 5.11 Å². The van der Waals surface area contributed by atoms with Gasteiger partial charge in [-0.2, -0.15) is 8.78 Å². The highest BCUT2D eigenvalue weighted by molar-refractivity contribution is 5.27. The Morgan fingerprint density at radius 1 is 1.33 bits per heavy atom. The predicted octanol–water partition coefficient (Wildman–Crippen LogP) is 2.27. The van der Waals surface area contributed by atoms with E-state index in [1.54, 1.807) is 18.2 Å². The van der Waals surface area contributed by atoms with E-state index in [0.29, 0.717) is 19.6 Å². The Kier molecular flexibility index (Phi) is 6.32. The van der Waals surface area contributed by atoms with Gasteiger partial charge < -0.3 is 9.84 Å². The zero-order valence-corrected chi connectivity index (χ0v) is 10.1. The molecule has 0 radical (unpaired) electrons. The molecule has 1 N–H and O–H groups in total. The van der Waals surface area contributed by atoms with Crippen molar-refractivity contribution in [1.82, 2.24) is 4.90 Å². The fraction of sp³-hybridized carbons (Fsp3) is 0.385. The zero-order valence-electron chi connectivity index (χ0n) is 10.1. The van der Waals surface area contributed by atoms with Gasteiger partial charge in [0.25, 0.3) is 0 Å². The van der Waals surface area contributed by atoms with Crippen molar-refractivity contribution in [3.8, 4) is 5.75 Å². The number of hydrogen-bond acceptors (Lipinski definition) is 3. The van der Waals surface area contributed by atoms with Gasteiger partial charge in [0.05, 0.1) is 6.61 Å². The van der Waals surface area contributed by atoms with Crippen molar-refractivity contribution in [1.29, 1.82) is 0 Å². The number of aliphatic hydroxyl groups is 1. The van der Waals surface area contributed by atoms with Crippen LogP contribution < -0.4 is 4.74 Å². The number of aliphatic hydroxyl groups excluding tert-OH is 1. The van der Waals surface area contributed by atoms with Crippen LogP contribution in [0.1, 0.15) is 5.56 Å². The van der Waals surface area contributed by atoms with Crippen LogP contribution in [-0.4, -0.2) is 36.3 Å². The molecule has 1 aromatic carbocycles. The van der Waals surface area contributed by atoms with Crippen LogP contribution in [0, 0.1) is 0 Å². The Hall–Kier alpha value is -1.46. The average Bonchev–Trinajstić information content (AvgIpc) is 2.31. The van der Waals surface area contributed by atoms with Crippen LogP contribution >= 0.6 is 0 Å². The summed E-state index contributed by atoms with van der Waals surface area (Å²) >= 11 is 0. The molecule has 0 heterocycles. The highest BCUT2D eigenvalue weighted by Gasteiger charge is 2.06. The zero-order chi connectivity index (χ0) is 13.4. The normalized spacial score (nSPS) is 10.9. The number of alkyl halides is 2. The van der Waals surface area contributed by atoms with Gasteiger partial charge in [0.2, 0.25) is 0 Å². The number of rotatable bonds is 8. The van der Waals surface area contributed by atoms with Crippen molar-refractivity contribution in [2.45, 2.75) is 13.2 Å². The summed E-state index contributed by atoms with van der Waals surface area (Å²) in [4.78, 5) is 2.00. The lowest BCUT2D eigenvalue weighted by molar-refractivity contribution is -0.0498. The average molecular weight is 257 g/mol. The quantitative estimate of drug-likeness (QED) is 0.725. The van der Waals surface area contributed by atoms with Gasteiger partial charge >= 0.3 is 6.61 Å². The summed E-state index contributed by atoms with van der Waals surface area (Å²) in [6, 6.07) is 6.47. The van der Waals surface area contributed by atoms with E-state index in [1.807, 2.05) is 4.90 Å². The first-order valence-electron chi connectivity index (χ1n) is 5.63. The summed E-state index contributed by atoms with van der Waals surface area (Å²) in [6.45, 7) is 2.74. The van der Waals surface area contributed by atoms with Gasteiger partial charge in [-0.05, 0) is 17.7 Å². The minimum absolute atomic E-state index is 0.0699. The van der Waals surface area contributed by atoms with Crippen LogP contribution in [0.2, 0.25) is 0 Å². The Balaban J connectivity index is 2.57. The molecule has 0 bridgehead atoms. The fourth-order valence-electron chi connectivity index (χ4n) is 1.59. The standard InChI is InChI=1S/C13H17F2NO2/c1-2-7-16(8-9-17)10-11-3-5-12(6-4-11)18-13(14)15/h2-6,13,17H,1,7-10H2. The molecule has 0 spiro atoms.